The Balaban J connectivity index is 3.07. The molecule has 0 bridgehead atoms. The van der Waals surface area contributed by atoms with E-state index in [1.165, 1.54) is 0 Å². The molecule has 0 fully saturated rings. The van der Waals surface area contributed by atoms with E-state index in [0.29, 0.717) is 11.4 Å². The van der Waals surface area contributed by atoms with Crippen LogP contribution in [0.4, 0.5) is 0 Å². The van der Waals surface area contributed by atoms with Gasteiger partial charge >= 0.3 is 0 Å². The van der Waals surface area contributed by atoms with E-state index in [1.54, 1.807) is 0 Å². The molecule has 0 spiro atoms. The van der Waals surface area contributed by atoms with Crippen molar-refractivity contribution in [2.24, 2.45) is 0 Å². The van der Waals surface area contributed by atoms with Gasteiger partial charge in [-0.2, -0.15) is 0 Å². The molecule has 1 aromatic carbocycles. The normalized spacial score (nSPS) is 13.0. The first-order valence-electron chi connectivity index (χ1n) is 3.78. The quantitative estimate of drug-likeness (QED) is 0.850. The van der Waals surface area contributed by atoms with Gasteiger partial charge in [-0.1, -0.05) is 30.7 Å². The number of rotatable bonds is 2. The molecule has 0 aliphatic rings. The SMILES string of the molecule is CCC(O)c1cccc(Br)c1Cl. The molecule has 66 valence electrons. The van der Waals surface area contributed by atoms with Gasteiger partial charge in [0, 0.05) is 10.0 Å². The Bertz CT molecular complexity index is 275. The second-order valence-electron chi connectivity index (χ2n) is 2.57. The first-order chi connectivity index (χ1) is 5.66. The third kappa shape index (κ3) is 2.00. The monoisotopic (exact) mass is 248 g/mol. The van der Waals surface area contributed by atoms with Gasteiger partial charge in [-0.15, -0.1) is 0 Å². The van der Waals surface area contributed by atoms with Crippen molar-refractivity contribution in [2.75, 3.05) is 0 Å². The molecule has 12 heavy (non-hydrogen) atoms. The van der Waals surface area contributed by atoms with Gasteiger partial charge in [0.25, 0.3) is 0 Å². The highest BCUT2D eigenvalue weighted by Crippen LogP contribution is 2.31. The summed E-state index contributed by atoms with van der Waals surface area (Å²) in [5, 5.41) is 10.1. The van der Waals surface area contributed by atoms with E-state index in [4.69, 9.17) is 11.6 Å². The average Bonchev–Trinajstić information content (AvgIpc) is 2.08. The Kier molecular flexibility index (Phi) is 3.56. The summed E-state index contributed by atoms with van der Waals surface area (Å²) in [7, 11) is 0. The summed E-state index contributed by atoms with van der Waals surface area (Å²) >= 11 is 9.26. The minimum absolute atomic E-state index is 0.463. The van der Waals surface area contributed by atoms with Crippen LogP contribution in [0.5, 0.6) is 0 Å². The summed E-state index contributed by atoms with van der Waals surface area (Å²) in [6.07, 6.45) is 0.214. The molecule has 0 heterocycles. The fraction of sp³-hybridized carbons (Fsp3) is 0.333. The topological polar surface area (TPSA) is 20.2 Å². The predicted molar refractivity (Wildman–Crippen MR) is 54.4 cm³/mol. The Morgan fingerprint density at radius 1 is 1.58 bits per heavy atom. The second-order valence-corrected chi connectivity index (χ2v) is 3.80. The zero-order valence-electron chi connectivity index (χ0n) is 6.72. The van der Waals surface area contributed by atoms with Crippen molar-refractivity contribution in [2.45, 2.75) is 19.4 Å². The minimum Gasteiger partial charge on any atom is -0.388 e. The van der Waals surface area contributed by atoms with Crippen LogP contribution in [-0.4, -0.2) is 5.11 Å². The number of hydrogen-bond donors (Lipinski definition) is 1. The van der Waals surface area contributed by atoms with E-state index in [2.05, 4.69) is 15.9 Å². The molecular formula is C9H10BrClO. The van der Waals surface area contributed by atoms with E-state index in [9.17, 15) is 5.11 Å². The molecule has 1 atom stereocenters. The lowest BCUT2D eigenvalue weighted by atomic mass is 10.1. The molecule has 0 saturated heterocycles. The molecule has 1 aromatic rings. The van der Waals surface area contributed by atoms with Crippen LogP contribution >= 0.6 is 27.5 Å². The van der Waals surface area contributed by atoms with Crippen molar-refractivity contribution in [1.82, 2.24) is 0 Å². The summed E-state index contributed by atoms with van der Waals surface area (Å²) in [6, 6.07) is 5.56. The molecule has 0 saturated carbocycles. The van der Waals surface area contributed by atoms with Gasteiger partial charge in [-0.25, -0.2) is 0 Å². The Labute approximate surface area is 85.5 Å². The standard InChI is InChI=1S/C9H10BrClO/c1-2-8(12)6-4-3-5-7(10)9(6)11/h3-5,8,12H,2H2,1H3. The highest BCUT2D eigenvalue weighted by Gasteiger charge is 2.10. The lowest BCUT2D eigenvalue weighted by Crippen LogP contribution is -1.95. The van der Waals surface area contributed by atoms with Crippen LogP contribution in [0, 0.1) is 0 Å². The summed E-state index contributed by atoms with van der Waals surface area (Å²) in [5.74, 6) is 0. The molecule has 1 unspecified atom stereocenters. The predicted octanol–water partition coefficient (Wildman–Crippen LogP) is 3.55. The largest absolute Gasteiger partial charge is 0.388 e. The van der Waals surface area contributed by atoms with E-state index >= 15 is 0 Å². The molecule has 0 aliphatic heterocycles. The fourth-order valence-corrected chi connectivity index (χ4v) is 1.63. The first-order valence-corrected chi connectivity index (χ1v) is 4.96. The van der Waals surface area contributed by atoms with Gasteiger partial charge in [0.15, 0.2) is 0 Å². The Hall–Kier alpha value is -0.0500. The summed E-state index contributed by atoms with van der Waals surface area (Å²) in [4.78, 5) is 0. The maximum atomic E-state index is 9.53. The van der Waals surface area contributed by atoms with Crippen LogP contribution in [0.15, 0.2) is 22.7 Å². The number of aliphatic hydroxyl groups is 1. The van der Waals surface area contributed by atoms with Crippen LogP contribution in [0.2, 0.25) is 5.02 Å². The molecule has 3 heteroatoms. The lowest BCUT2D eigenvalue weighted by Gasteiger charge is -2.10. The molecule has 1 nitrogen and oxygen atoms in total. The third-order valence-electron chi connectivity index (χ3n) is 1.73. The zero-order chi connectivity index (χ0) is 9.14. The smallest absolute Gasteiger partial charge is 0.0802 e. The maximum Gasteiger partial charge on any atom is 0.0802 e. The fourth-order valence-electron chi connectivity index (χ4n) is 0.998. The molecule has 1 N–H and O–H groups in total. The van der Waals surface area contributed by atoms with Gasteiger partial charge in [-0.3, -0.25) is 0 Å². The minimum atomic E-state index is -0.463. The summed E-state index contributed by atoms with van der Waals surface area (Å²) in [6.45, 7) is 1.92. The molecule has 1 rings (SSSR count). The maximum absolute atomic E-state index is 9.53. The number of benzene rings is 1. The lowest BCUT2D eigenvalue weighted by molar-refractivity contribution is 0.173. The van der Waals surface area contributed by atoms with Crippen molar-refractivity contribution < 1.29 is 5.11 Å². The summed E-state index contributed by atoms with van der Waals surface area (Å²) in [5.41, 5.74) is 0.786. The van der Waals surface area contributed by atoms with Gasteiger partial charge < -0.3 is 5.11 Å². The van der Waals surface area contributed by atoms with Crippen molar-refractivity contribution in [3.05, 3.63) is 33.3 Å². The van der Waals surface area contributed by atoms with E-state index in [-0.39, 0.29) is 0 Å². The second kappa shape index (κ2) is 4.26. The highest BCUT2D eigenvalue weighted by atomic mass is 79.9. The highest BCUT2D eigenvalue weighted by molar-refractivity contribution is 9.10. The Morgan fingerprint density at radius 3 is 2.83 bits per heavy atom. The van der Waals surface area contributed by atoms with Crippen molar-refractivity contribution in [3.8, 4) is 0 Å². The van der Waals surface area contributed by atoms with Crippen LogP contribution in [0.1, 0.15) is 25.0 Å². The van der Waals surface area contributed by atoms with Gasteiger partial charge in [0.1, 0.15) is 0 Å². The van der Waals surface area contributed by atoms with Crippen LogP contribution in [0.25, 0.3) is 0 Å². The van der Waals surface area contributed by atoms with Crippen LogP contribution in [-0.2, 0) is 0 Å². The van der Waals surface area contributed by atoms with Gasteiger partial charge in [0.2, 0.25) is 0 Å². The van der Waals surface area contributed by atoms with Crippen LogP contribution in [0.3, 0.4) is 0 Å². The molecular weight excluding hydrogens is 239 g/mol. The van der Waals surface area contributed by atoms with Crippen molar-refractivity contribution >= 4 is 27.5 Å². The Morgan fingerprint density at radius 2 is 2.25 bits per heavy atom. The third-order valence-corrected chi connectivity index (χ3v) is 3.04. The van der Waals surface area contributed by atoms with Crippen molar-refractivity contribution in [1.29, 1.82) is 0 Å². The molecule has 0 amide bonds. The summed E-state index contributed by atoms with van der Waals surface area (Å²) < 4.78 is 0.828. The van der Waals surface area contributed by atoms with E-state index < -0.39 is 6.10 Å². The van der Waals surface area contributed by atoms with Crippen molar-refractivity contribution in [3.63, 3.8) is 0 Å². The molecule has 0 radical (unpaired) electrons. The number of halogens is 2. The van der Waals surface area contributed by atoms with E-state index in [0.717, 1.165) is 10.0 Å². The first kappa shape index (κ1) is 10.0. The van der Waals surface area contributed by atoms with E-state index in [1.807, 2.05) is 25.1 Å². The van der Waals surface area contributed by atoms with Crippen LogP contribution < -0.4 is 0 Å². The molecule has 0 aliphatic carbocycles. The zero-order valence-corrected chi connectivity index (χ0v) is 9.06. The average molecular weight is 250 g/mol. The number of aliphatic hydroxyl groups excluding tert-OH is 1. The molecule has 0 aromatic heterocycles. The van der Waals surface area contributed by atoms with Gasteiger partial charge in [0.05, 0.1) is 11.1 Å². The number of hydrogen-bond acceptors (Lipinski definition) is 1. The van der Waals surface area contributed by atoms with Gasteiger partial charge in [-0.05, 0) is 28.4 Å².